The van der Waals surface area contributed by atoms with Crippen molar-refractivity contribution >= 4 is 6.09 Å². The van der Waals surface area contributed by atoms with Gasteiger partial charge < -0.3 is 15.6 Å². The predicted octanol–water partition coefficient (Wildman–Crippen LogP) is 0.658. The largest absolute Gasteiger partial charge is 0.443 e. The lowest BCUT2D eigenvalue weighted by molar-refractivity contribution is 0.0536. The highest BCUT2D eigenvalue weighted by atomic mass is 16.6. The monoisotopic (exact) mass is 227 g/mol. The zero-order valence-corrected chi connectivity index (χ0v) is 9.67. The molecule has 90 valence electrons. The maximum atomic E-state index is 11.6. The van der Waals surface area contributed by atoms with Crippen LogP contribution in [0.15, 0.2) is 12.5 Å². The number of aromatic nitrogens is 2. The number of ether oxygens (including phenoxy) is 1. The number of aliphatic hydroxyl groups is 1. The molecule has 3 N–H and O–H groups in total. The molecular formula is C10H17N3O3. The van der Waals surface area contributed by atoms with Crippen LogP contribution in [0.5, 0.6) is 0 Å². The molecule has 0 saturated heterocycles. The normalized spacial score (nSPS) is 13.6. The molecule has 0 fully saturated rings. The van der Waals surface area contributed by atoms with Gasteiger partial charge in [0.1, 0.15) is 11.9 Å². The first kappa shape index (κ1) is 12.7. The summed E-state index contributed by atoms with van der Waals surface area (Å²) >= 11 is 0. The van der Waals surface area contributed by atoms with Crippen LogP contribution in [-0.2, 0) is 4.74 Å². The van der Waals surface area contributed by atoms with Gasteiger partial charge in [-0.2, -0.15) is 0 Å². The number of carbonyl (C=O) groups is 1. The number of hydrogen-bond acceptors (Lipinski definition) is 5. The van der Waals surface area contributed by atoms with Crippen LogP contribution in [0.4, 0.5) is 4.79 Å². The Morgan fingerprint density at radius 2 is 2.31 bits per heavy atom. The molecule has 0 aliphatic heterocycles. The summed E-state index contributed by atoms with van der Waals surface area (Å²) in [7, 11) is 0. The molecule has 1 atom stereocenters. The Kier molecular flexibility index (Phi) is 3.66. The minimum Gasteiger partial charge on any atom is -0.443 e. The molecule has 16 heavy (non-hydrogen) atoms. The fourth-order valence-corrected chi connectivity index (χ4v) is 1.04. The zero-order chi connectivity index (χ0) is 12.3. The van der Waals surface area contributed by atoms with Crippen LogP contribution in [0.2, 0.25) is 0 Å². The summed E-state index contributed by atoms with van der Waals surface area (Å²) in [6.45, 7) is 5.12. The first-order valence-electron chi connectivity index (χ1n) is 4.97. The van der Waals surface area contributed by atoms with Crippen molar-refractivity contribution in [2.75, 3.05) is 6.61 Å². The average molecular weight is 227 g/mol. The molecule has 6 nitrogen and oxygen atoms in total. The van der Waals surface area contributed by atoms with Crippen molar-refractivity contribution in [1.29, 1.82) is 0 Å². The number of aliphatic hydroxyl groups excluding tert-OH is 1. The van der Waals surface area contributed by atoms with Gasteiger partial charge in [0.15, 0.2) is 0 Å². The van der Waals surface area contributed by atoms with E-state index in [2.05, 4.69) is 4.98 Å². The lowest BCUT2D eigenvalue weighted by atomic mass is 10.2. The molecule has 0 aromatic carbocycles. The van der Waals surface area contributed by atoms with E-state index in [1.165, 1.54) is 17.1 Å². The number of imidazole rings is 1. The molecule has 6 heteroatoms. The number of rotatable bonds is 2. The zero-order valence-electron chi connectivity index (χ0n) is 9.67. The van der Waals surface area contributed by atoms with Crippen LogP contribution in [-0.4, -0.2) is 33.0 Å². The summed E-state index contributed by atoms with van der Waals surface area (Å²) in [5.74, 6) is 0. The molecule has 1 aromatic heterocycles. The van der Waals surface area contributed by atoms with Crippen LogP contribution in [0.3, 0.4) is 0 Å². The van der Waals surface area contributed by atoms with Gasteiger partial charge in [-0.15, -0.1) is 0 Å². The maximum Gasteiger partial charge on any atom is 0.419 e. The third kappa shape index (κ3) is 3.32. The molecular weight excluding hydrogens is 210 g/mol. The van der Waals surface area contributed by atoms with Crippen molar-refractivity contribution in [2.24, 2.45) is 5.73 Å². The summed E-state index contributed by atoms with van der Waals surface area (Å²) in [6, 6.07) is -0.580. The minimum atomic E-state index is -0.580. The van der Waals surface area contributed by atoms with E-state index in [4.69, 9.17) is 15.6 Å². The summed E-state index contributed by atoms with van der Waals surface area (Å²) in [5.41, 5.74) is 5.45. The minimum absolute atomic E-state index is 0.217. The molecule has 0 saturated carbocycles. The smallest absolute Gasteiger partial charge is 0.419 e. The molecule has 1 rings (SSSR count). The Morgan fingerprint density at radius 1 is 1.69 bits per heavy atom. The molecule has 0 radical (unpaired) electrons. The van der Waals surface area contributed by atoms with Crippen molar-refractivity contribution in [3.63, 3.8) is 0 Å². The van der Waals surface area contributed by atoms with Gasteiger partial charge in [0.25, 0.3) is 0 Å². The van der Waals surface area contributed by atoms with E-state index >= 15 is 0 Å². The molecule has 0 spiro atoms. The first-order valence-corrected chi connectivity index (χ1v) is 4.97. The lowest BCUT2D eigenvalue weighted by Gasteiger charge is -2.19. The predicted molar refractivity (Wildman–Crippen MR) is 57.9 cm³/mol. The Hall–Kier alpha value is -1.40. The van der Waals surface area contributed by atoms with E-state index in [-0.39, 0.29) is 6.61 Å². The van der Waals surface area contributed by atoms with E-state index in [1.807, 2.05) is 0 Å². The van der Waals surface area contributed by atoms with Gasteiger partial charge >= 0.3 is 6.09 Å². The highest BCUT2D eigenvalue weighted by molar-refractivity contribution is 5.70. The number of carbonyl (C=O) groups excluding carboxylic acids is 1. The standard InChI is InChI=1S/C10H17N3O3/c1-10(2,3)16-9(15)13-4-8(12-6-13)7(11)5-14/h4,6-7,14H,5,11H2,1-3H3/t7-/m0/s1. The Bertz CT molecular complexity index is 368. The van der Waals surface area contributed by atoms with Crippen LogP contribution in [0, 0.1) is 0 Å². The number of hydrogen-bond donors (Lipinski definition) is 2. The second-order valence-corrected chi connectivity index (χ2v) is 4.48. The van der Waals surface area contributed by atoms with Gasteiger partial charge in [-0.3, -0.25) is 0 Å². The van der Waals surface area contributed by atoms with Gasteiger partial charge in [0.05, 0.1) is 18.3 Å². The van der Waals surface area contributed by atoms with Crippen molar-refractivity contribution in [1.82, 2.24) is 9.55 Å². The van der Waals surface area contributed by atoms with Crippen LogP contribution >= 0.6 is 0 Å². The average Bonchev–Trinajstić information content (AvgIpc) is 2.62. The fourth-order valence-electron chi connectivity index (χ4n) is 1.04. The summed E-state index contributed by atoms with van der Waals surface area (Å²) in [6.07, 6.45) is 2.25. The lowest BCUT2D eigenvalue weighted by Crippen LogP contribution is -2.26. The van der Waals surface area contributed by atoms with Gasteiger partial charge in [0.2, 0.25) is 0 Å². The molecule has 0 aliphatic rings. The molecule has 0 aliphatic carbocycles. The summed E-state index contributed by atoms with van der Waals surface area (Å²) < 4.78 is 6.34. The van der Waals surface area contributed by atoms with Crippen molar-refractivity contribution in [3.8, 4) is 0 Å². The highest BCUT2D eigenvalue weighted by Gasteiger charge is 2.18. The van der Waals surface area contributed by atoms with Crippen LogP contribution in [0.25, 0.3) is 0 Å². The molecule has 0 amide bonds. The molecule has 1 aromatic rings. The second kappa shape index (κ2) is 4.63. The maximum absolute atomic E-state index is 11.6. The molecule has 1 heterocycles. The van der Waals surface area contributed by atoms with Crippen LogP contribution < -0.4 is 5.73 Å². The van der Waals surface area contributed by atoms with E-state index in [0.29, 0.717) is 5.69 Å². The molecule has 0 bridgehead atoms. The number of nitrogens with two attached hydrogens (primary N) is 1. The van der Waals surface area contributed by atoms with Gasteiger partial charge in [-0.1, -0.05) is 0 Å². The quantitative estimate of drug-likeness (QED) is 0.774. The first-order chi connectivity index (χ1) is 7.33. The van der Waals surface area contributed by atoms with E-state index in [9.17, 15) is 4.79 Å². The SMILES string of the molecule is CC(C)(C)OC(=O)n1cnc([C@@H](N)CO)c1. The fraction of sp³-hybridized carbons (Fsp3) is 0.600. The van der Waals surface area contributed by atoms with E-state index in [0.717, 1.165) is 0 Å². The third-order valence-electron chi connectivity index (χ3n) is 1.78. The van der Waals surface area contributed by atoms with Gasteiger partial charge in [0, 0.05) is 6.20 Å². The van der Waals surface area contributed by atoms with E-state index in [1.54, 1.807) is 20.8 Å². The Morgan fingerprint density at radius 3 is 2.81 bits per heavy atom. The van der Waals surface area contributed by atoms with Crippen molar-refractivity contribution in [2.45, 2.75) is 32.4 Å². The van der Waals surface area contributed by atoms with Gasteiger partial charge in [-0.05, 0) is 20.8 Å². The Balaban J connectivity index is 2.75. The second-order valence-electron chi connectivity index (χ2n) is 4.48. The third-order valence-corrected chi connectivity index (χ3v) is 1.78. The summed E-state index contributed by atoms with van der Waals surface area (Å²) in [4.78, 5) is 15.5. The summed E-state index contributed by atoms with van der Waals surface area (Å²) in [5, 5.41) is 8.83. The number of nitrogens with zero attached hydrogens (tertiary/aromatic N) is 2. The highest BCUT2D eigenvalue weighted by Crippen LogP contribution is 2.11. The van der Waals surface area contributed by atoms with Gasteiger partial charge in [-0.25, -0.2) is 14.3 Å². The topological polar surface area (TPSA) is 90.4 Å². The van der Waals surface area contributed by atoms with Crippen LogP contribution in [0.1, 0.15) is 32.5 Å². The molecule has 0 unspecified atom stereocenters. The van der Waals surface area contributed by atoms with E-state index < -0.39 is 17.7 Å². The van der Waals surface area contributed by atoms with Crippen molar-refractivity contribution < 1.29 is 14.6 Å². The van der Waals surface area contributed by atoms with Crippen molar-refractivity contribution in [3.05, 3.63) is 18.2 Å². The Labute approximate surface area is 94.0 Å².